The quantitative estimate of drug-likeness (QED) is 0.486. The Kier molecular flexibility index (Phi) is 5.12. The minimum Gasteiger partial charge on any atom is -0.347 e. The maximum atomic E-state index is 13.0. The molecule has 146 valence electrons. The smallest absolute Gasteiger partial charge is 0.261 e. The zero-order chi connectivity index (χ0) is 20.4. The summed E-state index contributed by atoms with van der Waals surface area (Å²) >= 11 is 1.36. The van der Waals surface area contributed by atoms with Crippen molar-refractivity contribution >= 4 is 37.2 Å². The lowest BCUT2D eigenvalue weighted by Gasteiger charge is -2.07. The van der Waals surface area contributed by atoms with Crippen molar-refractivity contribution < 1.29 is 17.6 Å². The zero-order valence-electron chi connectivity index (χ0n) is 15.0. The van der Waals surface area contributed by atoms with Gasteiger partial charge in [0.05, 0.1) is 19.4 Å². The molecule has 0 unspecified atom stereocenters. The van der Waals surface area contributed by atoms with Crippen LogP contribution in [0.15, 0.2) is 82.8 Å². The fourth-order valence-electron chi connectivity index (χ4n) is 2.80. The lowest BCUT2D eigenvalue weighted by molar-refractivity contribution is 0.0955. The van der Waals surface area contributed by atoms with Crippen LogP contribution in [0, 0.1) is 5.82 Å². The van der Waals surface area contributed by atoms with Crippen molar-refractivity contribution in [3.05, 3.63) is 89.3 Å². The van der Waals surface area contributed by atoms with Crippen LogP contribution < -0.4 is 5.32 Å². The number of nitrogens with one attached hydrogen (secondary N) is 1. The number of aromatic nitrogens is 1. The summed E-state index contributed by atoms with van der Waals surface area (Å²) in [5, 5.41) is 3.80. The number of fused-ring (bicyclic) bond motifs is 1. The summed E-state index contributed by atoms with van der Waals surface area (Å²) in [5.41, 5.74) is 0.763. The molecular weight excluding hydrogens is 411 g/mol. The average Bonchev–Trinajstić information content (AvgIpc) is 3.17. The Morgan fingerprint density at radius 1 is 1.00 bits per heavy atom. The predicted molar refractivity (Wildman–Crippen MR) is 109 cm³/mol. The lowest BCUT2D eigenvalue weighted by Crippen LogP contribution is -2.21. The van der Waals surface area contributed by atoms with Gasteiger partial charge in [-0.25, -0.2) is 12.8 Å². The third kappa shape index (κ3) is 4.03. The van der Waals surface area contributed by atoms with Crippen LogP contribution >= 0.6 is 11.3 Å². The minimum absolute atomic E-state index is 0.0270. The number of rotatable bonds is 5. The molecule has 0 fully saturated rings. The van der Waals surface area contributed by atoms with E-state index in [9.17, 15) is 17.6 Å². The van der Waals surface area contributed by atoms with Crippen LogP contribution in [-0.4, -0.2) is 19.3 Å². The number of carbonyl (C=O) groups is 1. The molecule has 0 radical (unpaired) electrons. The first-order chi connectivity index (χ1) is 13.9. The van der Waals surface area contributed by atoms with Gasteiger partial charge in [0.25, 0.3) is 5.91 Å². The molecule has 0 atom stereocenters. The van der Waals surface area contributed by atoms with E-state index in [1.807, 2.05) is 12.1 Å². The number of carbonyl (C=O) groups excluding carboxylic acids is 1. The first-order valence-corrected chi connectivity index (χ1v) is 10.9. The van der Waals surface area contributed by atoms with Crippen LogP contribution in [0.4, 0.5) is 4.39 Å². The molecule has 2 aromatic carbocycles. The molecule has 2 aromatic heterocycles. The maximum absolute atomic E-state index is 13.0. The van der Waals surface area contributed by atoms with Crippen molar-refractivity contribution in [2.45, 2.75) is 16.3 Å². The van der Waals surface area contributed by atoms with E-state index in [2.05, 4.69) is 10.3 Å². The molecule has 4 aromatic rings. The molecular formula is C21H15FN2O3S2. The molecule has 5 nitrogen and oxygen atoms in total. The van der Waals surface area contributed by atoms with Gasteiger partial charge >= 0.3 is 0 Å². The van der Waals surface area contributed by atoms with Gasteiger partial charge in [-0.05, 0) is 59.5 Å². The third-order valence-electron chi connectivity index (χ3n) is 4.36. The number of hydrogen-bond donors (Lipinski definition) is 1. The van der Waals surface area contributed by atoms with E-state index in [1.165, 1.54) is 35.6 Å². The lowest BCUT2D eigenvalue weighted by atomic mass is 10.2. The third-order valence-corrected chi connectivity index (χ3v) is 7.23. The molecule has 0 aliphatic heterocycles. The van der Waals surface area contributed by atoms with E-state index in [0.29, 0.717) is 4.88 Å². The first-order valence-electron chi connectivity index (χ1n) is 8.65. The van der Waals surface area contributed by atoms with Gasteiger partial charge in [-0.15, -0.1) is 11.3 Å². The van der Waals surface area contributed by atoms with Crippen LogP contribution in [0.2, 0.25) is 0 Å². The van der Waals surface area contributed by atoms with Gasteiger partial charge in [-0.2, -0.15) is 0 Å². The molecule has 0 saturated carbocycles. The Morgan fingerprint density at radius 3 is 2.31 bits per heavy atom. The van der Waals surface area contributed by atoms with Crippen molar-refractivity contribution in [2.24, 2.45) is 0 Å². The number of benzene rings is 2. The summed E-state index contributed by atoms with van der Waals surface area (Å²) in [6.07, 6.45) is 3.40. The number of pyridine rings is 1. The van der Waals surface area contributed by atoms with Gasteiger partial charge < -0.3 is 5.32 Å². The van der Waals surface area contributed by atoms with Gasteiger partial charge in [0.2, 0.25) is 9.84 Å². The van der Waals surface area contributed by atoms with Crippen molar-refractivity contribution in [1.82, 2.24) is 10.3 Å². The van der Waals surface area contributed by atoms with Crippen molar-refractivity contribution in [3.63, 3.8) is 0 Å². The van der Waals surface area contributed by atoms with E-state index in [4.69, 9.17) is 0 Å². The summed E-state index contributed by atoms with van der Waals surface area (Å²) in [6.45, 7) is 0.266. The summed E-state index contributed by atoms with van der Waals surface area (Å²) in [4.78, 5) is 17.1. The second-order valence-electron chi connectivity index (χ2n) is 6.31. The van der Waals surface area contributed by atoms with E-state index in [0.717, 1.165) is 27.8 Å². The average molecular weight is 426 g/mol. The van der Waals surface area contributed by atoms with Crippen molar-refractivity contribution in [3.8, 4) is 0 Å². The molecule has 8 heteroatoms. The van der Waals surface area contributed by atoms with Gasteiger partial charge in [-0.3, -0.25) is 9.78 Å². The number of hydrogen-bond acceptors (Lipinski definition) is 5. The molecule has 4 rings (SSSR count). The highest BCUT2D eigenvalue weighted by Gasteiger charge is 2.17. The van der Waals surface area contributed by atoms with Gasteiger partial charge in [-0.1, -0.05) is 12.1 Å². The fourth-order valence-corrected chi connectivity index (χ4v) is 5.01. The molecule has 1 amide bonds. The highest BCUT2D eigenvalue weighted by molar-refractivity contribution is 7.91. The van der Waals surface area contributed by atoms with Crippen molar-refractivity contribution in [1.29, 1.82) is 0 Å². The van der Waals surface area contributed by atoms with Gasteiger partial charge in [0.15, 0.2) is 0 Å². The normalized spacial score (nSPS) is 11.5. The standard InChI is InChI=1S/C21H15FN2O3S2/c22-16-3-7-18(8-4-16)29(26,27)17-5-1-14(2-6-17)12-24-21(25)19-11-15-9-10-23-13-20(15)28-19/h1-11,13H,12H2,(H,24,25). The Bertz CT molecular complexity index is 1250. The van der Waals surface area contributed by atoms with Crippen LogP contribution in [0.5, 0.6) is 0 Å². The number of amides is 1. The van der Waals surface area contributed by atoms with Crippen LogP contribution in [0.3, 0.4) is 0 Å². The predicted octanol–water partition coefficient (Wildman–Crippen LogP) is 4.20. The van der Waals surface area contributed by atoms with Gasteiger partial charge in [0.1, 0.15) is 5.82 Å². The second kappa shape index (κ2) is 7.73. The van der Waals surface area contributed by atoms with E-state index in [-0.39, 0.29) is 22.2 Å². The van der Waals surface area contributed by atoms with Crippen molar-refractivity contribution in [2.75, 3.05) is 0 Å². The molecule has 0 spiro atoms. The number of thiophene rings is 1. The Balaban J connectivity index is 1.45. The topological polar surface area (TPSA) is 76.1 Å². The minimum atomic E-state index is -3.72. The Hall–Kier alpha value is -3.10. The van der Waals surface area contributed by atoms with E-state index in [1.54, 1.807) is 24.5 Å². The fraction of sp³-hybridized carbons (Fsp3) is 0.0476. The first kappa shape index (κ1) is 19.2. The molecule has 0 aliphatic rings. The summed E-state index contributed by atoms with van der Waals surface area (Å²) in [5.74, 6) is -0.695. The summed E-state index contributed by atoms with van der Waals surface area (Å²) < 4.78 is 39.2. The van der Waals surface area contributed by atoms with Crippen LogP contribution in [0.1, 0.15) is 15.2 Å². The molecule has 29 heavy (non-hydrogen) atoms. The molecule has 0 saturated heterocycles. The SMILES string of the molecule is O=C(NCc1ccc(S(=O)(=O)c2ccc(F)cc2)cc1)c1cc2ccncc2s1. The van der Waals surface area contributed by atoms with E-state index < -0.39 is 15.7 Å². The summed E-state index contributed by atoms with van der Waals surface area (Å²) in [7, 11) is -3.72. The largest absolute Gasteiger partial charge is 0.347 e. The highest BCUT2D eigenvalue weighted by Crippen LogP contribution is 2.25. The maximum Gasteiger partial charge on any atom is 0.261 e. The number of nitrogens with zero attached hydrogens (tertiary/aromatic N) is 1. The van der Waals surface area contributed by atoms with Gasteiger partial charge in [0, 0.05) is 18.9 Å². The van der Waals surface area contributed by atoms with Crippen LogP contribution in [0.25, 0.3) is 10.1 Å². The molecule has 2 heterocycles. The van der Waals surface area contributed by atoms with E-state index >= 15 is 0 Å². The van der Waals surface area contributed by atoms with Crippen LogP contribution in [-0.2, 0) is 16.4 Å². The molecule has 0 aliphatic carbocycles. The zero-order valence-corrected chi connectivity index (χ0v) is 16.6. The number of sulfone groups is 1. The molecule has 1 N–H and O–H groups in total. The number of halogens is 1. The highest BCUT2D eigenvalue weighted by atomic mass is 32.2. The molecule has 0 bridgehead atoms. The monoisotopic (exact) mass is 426 g/mol. The summed E-state index contributed by atoms with van der Waals surface area (Å²) in [6, 6.07) is 14.6. The Morgan fingerprint density at radius 2 is 1.66 bits per heavy atom. The second-order valence-corrected chi connectivity index (χ2v) is 9.34. The Labute approximate surface area is 170 Å².